The second kappa shape index (κ2) is 10.7. The van der Waals surface area contributed by atoms with E-state index >= 15 is 0 Å². The van der Waals surface area contributed by atoms with Crippen LogP contribution in [-0.4, -0.2) is 55.1 Å². The minimum atomic E-state index is -0.526. The van der Waals surface area contributed by atoms with E-state index in [2.05, 4.69) is 15.3 Å². The molecule has 5 rings (SSSR count). The maximum absolute atomic E-state index is 13.8. The molecular formula is C29H30N8O3. The largest absolute Gasteiger partial charge is 0.457 e. The summed E-state index contributed by atoms with van der Waals surface area (Å²) in [6.45, 7) is 4.46. The molecule has 4 aromatic rings. The number of hydrogen-bond acceptors (Lipinski definition) is 8. The van der Waals surface area contributed by atoms with E-state index in [-0.39, 0.29) is 35.6 Å². The van der Waals surface area contributed by atoms with Crippen molar-refractivity contribution in [2.45, 2.75) is 38.4 Å². The quantitative estimate of drug-likeness (QED) is 0.257. The van der Waals surface area contributed by atoms with Crippen LogP contribution in [0.2, 0.25) is 0 Å². The van der Waals surface area contributed by atoms with Gasteiger partial charge >= 0.3 is 5.69 Å². The number of imidazole rings is 1. The van der Waals surface area contributed by atoms with Gasteiger partial charge in [-0.25, -0.2) is 14.8 Å². The molecule has 0 saturated carbocycles. The number of nitrogens with one attached hydrogen (secondary N) is 1. The van der Waals surface area contributed by atoms with E-state index < -0.39 is 5.54 Å². The fourth-order valence-corrected chi connectivity index (χ4v) is 4.63. The number of nitrogens with zero attached hydrogens (tertiary/aromatic N) is 6. The summed E-state index contributed by atoms with van der Waals surface area (Å²) >= 11 is 0. The minimum Gasteiger partial charge on any atom is -0.457 e. The summed E-state index contributed by atoms with van der Waals surface area (Å²) in [5, 5.41) is 12.7. The van der Waals surface area contributed by atoms with Gasteiger partial charge in [-0.05, 0) is 69.8 Å². The lowest BCUT2D eigenvalue weighted by Gasteiger charge is -2.41. The van der Waals surface area contributed by atoms with Crippen LogP contribution in [0.25, 0.3) is 16.9 Å². The van der Waals surface area contributed by atoms with Crippen molar-refractivity contribution in [3.05, 3.63) is 83.1 Å². The number of nitrogen functional groups attached to an aromatic ring is 1. The molecule has 11 nitrogen and oxygen atoms in total. The number of carbonyl (C=O) groups excluding carboxylic acids is 1. The Labute approximate surface area is 231 Å². The standard InChI is InChI=1S/C29H30N8O3/c1-29(2,32-3)15-19(16-30)27(38)35-14-13-21(35)17-36-26-24(25(31)33-18-34-26)37(28(36)39)20-9-11-23(12-10-20)40-22-7-5-4-6-8-22/h4-12,15,18,21,32H,13-14,17H2,1-3H3,(H2,31,33,34). The van der Waals surface area contributed by atoms with Crippen molar-refractivity contribution in [2.24, 2.45) is 0 Å². The fourth-order valence-electron chi connectivity index (χ4n) is 4.63. The SMILES string of the molecule is CNC(C)(C)C=C(C#N)C(=O)N1CCC1Cn1c(=O)n(-c2ccc(Oc3ccccc3)cc2)c2c(N)ncnc21. The van der Waals surface area contributed by atoms with Crippen LogP contribution in [0.4, 0.5) is 5.82 Å². The Morgan fingerprint density at radius 1 is 1.18 bits per heavy atom. The van der Waals surface area contributed by atoms with E-state index in [1.54, 1.807) is 42.3 Å². The lowest BCUT2D eigenvalue weighted by Crippen LogP contribution is -2.54. The van der Waals surface area contributed by atoms with Gasteiger partial charge in [0.05, 0.1) is 11.7 Å². The van der Waals surface area contributed by atoms with Gasteiger partial charge in [0.15, 0.2) is 11.5 Å². The molecule has 1 aliphatic heterocycles. The van der Waals surface area contributed by atoms with Crippen LogP contribution >= 0.6 is 0 Å². The first-order chi connectivity index (χ1) is 19.2. The molecule has 204 valence electrons. The van der Waals surface area contributed by atoms with Crippen LogP contribution in [0, 0.1) is 11.3 Å². The number of anilines is 1. The summed E-state index contributed by atoms with van der Waals surface area (Å²) in [5.41, 5.74) is 6.73. The highest BCUT2D eigenvalue weighted by Gasteiger charge is 2.36. The van der Waals surface area contributed by atoms with Crippen LogP contribution < -0.4 is 21.5 Å². The fraction of sp³-hybridized carbons (Fsp3) is 0.276. The first kappa shape index (κ1) is 26.6. The molecule has 3 N–H and O–H groups in total. The molecule has 2 aromatic heterocycles. The summed E-state index contributed by atoms with van der Waals surface area (Å²) in [4.78, 5) is 37.1. The Morgan fingerprint density at radius 3 is 2.50 bits per heavy atom. The van der Waals surface area contributed by atoms with E-state index in [4.69, 9.17) is 10.5 Å². The van der Waals surface area contributed by atoms with Gasteiger partial charge in [-0.1, -0.05) is 18.2 Å². The number of likely N-dealkylation sites (N-methyl/N-ethyl adjacent to an activating group) is 1. The van der Waals surface area contributed by atoms with Crippen LogP contribution in [0.1, 0.15) is 20.3 Å². The predicted molar refractivity (Wildman–Crippen MR) is 151 cm³/mol. The maximum Gasteiger partial charge on any atom is 0.335 e. The Hall–Kier alpha value is -4.95. The second-order valence-corrected chi connectivity index (χ2v) is 10.2. The molecule has 1 fully saturated rings. The number of carbonyl (C=O) groups is 1. The third-order valence-electron chi connectivity index (χ3n) is 7.11. The zero-order valence-corrected chi connectivity index (χ0v) is 22.5. The predicted octanol–water partition coefficient (Wildman–Crippen LogP) is 3.01. The molecule has 1 atom stereocenters. The van der Waals surface area contributed by atoms with E-state index in [0.717, 1.165) is 0 Å². The smallest absolute Gasteiger partial charge is 0.335 e. The Morgan fingerprint density at radius 2 is 1.88 bits per heavy atom. The molecule has 1 saturated heterocycles. The topological polar surface area (TPSA) is 144 Å². The van der Waals surface area contributed by atoms with Gasteiger partial charge in [0, 0.05) is 18.6 Å². The lowest BCUT2D eigenvalue weighted by molar-refractivity contribution is -0.134. The van der Waals surface area contributed by atoms with Crippen molar-refractivity contribution in [1.29, 1.82) is 5.26 Å². The number of ether oxygens (including phenoxy) is 1. The minimum absolute atomic E-state index is 0.0585. The number of aromatic nitrogens is 4. The summed E-state index contributed by atoms with van der Waals surface area (Å²) < 4.78 is 8.86. The van der Waals surface area contributed by atoms with Gasteiger partial charge in [-0.15, -0.1) is 0 Å². The highest BCUT2D eigenvalue weighted by molar-refractivity contribution is 5.98. The Kier molecular flexibility index (Phi) is 7.11. The Bertz CT molecular complexity index is 1680. The van der Waals surface area contributed by atoms with Gasteiger partial charge in [0.1, 0.15) is 35.0 Å². The van der Waals surface area contributed by atoms with Crippen LogP contribution in [0.3, 0.4) is 0 Å². The van der Waals surface area contributed by atoms with E-state index in [9.17, 15) is 14.9 Å². The molecule has 1 unspecified atom stereocenters. The number of rotatable bonds is 8. The molecule has 2 aromatic carbocycles. The van der Waals surface area contributed by atoms with Crippen molar-refractivity contribution < 1.29 is 9.53 Å². The molecular weight excluding hydrogens is 508 g/mol. The third kappa shape index (κ3) is 5.04. The van der Waals surface area contributed by atoms with Crippen LogP contribution in [0.15, 0.2) is 77.4 Å². The normalized spacial score (nSPS) is 15.5. The van der Waals surface area contributed by atoms with Gasteiger partial charge in [-0.3, -0.25) is 13.9 Å². The number of likely N-dealkylation sites (tertiary alicyclic amines) is 1. The van der Waals surface area contributed by atoms with E-state index in [1.807, 2.05) is 50.2 Å². The van der Waals surface area contributed by atoms with Gasteiger partial charge in [0.25, 0.3) is 5.91 Å². The third-order valence-corrected chi connectivity index (χ3v) is 7.11. The van der Waals surface area contributed by atoms with Crippen molar-refractivity contribution in [3.63, 3.8) is 0 Å². The average Bonchev–Trinajstić information content (AvgIpc) is 3.22. The molecule has 3 heterocycles. The molecule has 1 amide bonds. The molecule has 0 radical (unpaired) electrons. The van der Waals surface area contributed by atoms with Crippen molar-refractivity contribution in [1.82, 2.24) is 29.3 Å². The summed E-state index contributed by atoms with van der Waals surface area (Å²) in [6, 6.07) is 18.2. The van der Waals surface area contributed by atoms with E-state index in [0.29, 0.717) is 41.3 Å². The van der Waals surface area contributed by atoms with Crippen molar-refractivity contribution in [2.75, 3.05) is 19.3 Å². The monoisotopic (exact) mass is 538 g/mol. The second-order valence-electron chi connectivity index (χ2n) is 10.2. The average molecular weight is 539 g/mol. The van der Waals surface area contributed by atoms with Crippen molar-refractivity contribution >= 4 is 22.9 Å². The zero-order valence-electron chi connectivity index (χ0n) is 22.5. The van der Waals surface area contributed by atoms with Crippen LogP contribution in [0.5, 0.6) is 11.5 Å². The molecule has 0 bridgehead atoms. The van der Waals surface area contributed by atoms with E-state index in [1.165, 1.54) is 15.5 Å². The number of benzene rings is 2. The first-order valence-electron chi connectivity index (χ1n) is 12.9. The molecule has 0 aliphatic carbocycles. The highest BCUT2D eigenvalue weighted by Crippen LogP contribution is 2.27. The van der Waals surface area contributed by atoms with Gasteiger partial charge in [0.2, 0.25) is 0 Å². The summed E-state index contributed by atoms with van der Waals surface area (Å²) in [6.07, 6.45) is 3.63. The first-order valence-corrected chi connectivity index (χ1v) is 12.9. The number of nitrogens with two attached hydrogens (primary N) is 1. The zero-order chi connectivity index (χ0) is 28.4. The molecule has 40 heavy (non-hydrogen) atoms. The molecule has 11 heteroatoms. The van der Waals surface area contributed by atoms with Crippen LogP contribution in [-0.2, 0) is 11.3 Å². The summed E-state index contributed by atoms with van der Waals surface area (Å²) in [5.74, 6) is 1.12. The molecule has 1 aliphatic rings. The van der Waals surface area contributed by atoms with Gasteiger partial charge < -0.3 is 20.7 Å². The van der Waals surface area contributed by atoms with Gasteiger partial charge in [-0.2, -0.15) is 5.26 Å². The number of nitriles is 1. The maximum atomic E-state index is 13.8. The number of amides is 1. The summed E-state index contributed by atoms with van der Waals surface area (Å²) in [7, 11) is 1.77. The molecule has 0 spiro atoms. The Balaban J connectivity index is 1.46. The highest BCUT2D eigenvalue weighted by atomic mass is 16.5. The van der Waals surface area contributed by atoms with Crippen molar-refractivity contribution in [3.8, 4) is 23.3 Å². The lowest BCUT2D eigenvalue weighted by atomic mass is 9.97. The number of fused-ring (bicyclic) bond motifs is 1. The number of hydrogen-bond donors (Lipinski definition) is 2. The number of para-hydroxylation sites is 1.